The fraction of sp³-hybridized carbons (Fsp3) is 0.323. The predicted octanol–water partition coefficient (Wildman–Crippen LogP) is 4.67. The molecule has 234 valence electrons. The highest BCUT2D eigenvalue weighted by atomic mass is 35.5. The minimum absolute atomic E-state index is 0.0258. The number of piperazine rings is 1. The molecule has 6 rings (SSSR count). The molecule has 1 saturated carbocycles. The molecule has 1 amide bonds. The molecule has 1 aliphatic carbocycles. The van der Waals surface area contributed by atoms with Gasteiger partial charge in [0.2, 0.25) is 5.91 Å². The van der Waals surface area contributed by atoms with E-state index in [1.54, 1.807) is 9.80 Å². The molecule has 0 bridgehead atoms. The van der Waals surface area contributed by atoms with E-state index < -0.39 is 27.2 Å². The third kappa shape index (κ3) is 5.48. The molecule has 1 atom stereocenters. The number of pyridine rings is 2. The zero-order chi connectivity index (χ0) is 32.2. The summed E-state index contributed by atoms with van der Waals surface area (Å²) in [7, 11) is -3.92. The monoisotopic (exact) mass is 654 g/mol. The maximum atomic E-state index is 16.0. The van der Waals surface area contributed by atoms with E-state index in [4.69, 9.17) is 11.6 Å². The van der Waals surface area contributed by atoms with Crippen LogP contribution in [0.5, 0.6) is 0 Å². The molecule has 0 unspecified atom stereocenters. The van der Waals surface area contributed by atoms with Crippen LogP contribution in [0.1, 0.15) is 37.7 Å². The van der Waals surface area contributed by atoms with E-state index in [9.17, 15) is 22.4 Å². The molecule has 0 N–H and O–H groups in total. The van der Waals surface area contributed by atoms with Crippen molar-refractivity contribution in [2.75, 3.05) is 30.8 Å². The fourth-order valence-corrected chi connectivity index (χ4v) is 6.99. The van der Waals surface area contributed by atoms with E-state index in [-0.39, 0.29) is 68.1 Å². The lowest BCUT2D eigenvalue weighted by Crippen LogP contribution is -2.54. The smallest absolute Gasteiger partial charge is 0.350 e. The van der Waals surface area contributed by atoms with E-state index in [0.717, 1.165) is 48.3 Å². The summed E-state index contributed by atoms with van der Waals surface area (Å²) in [4.78, 5) is 42.8. The maximum Gasteiger partial charge on any atom is 0.355 e. The largest absolute Gasteiger partial charge is 0.355 e. The SMILES string of the molecule is C=CC(=O)N1CCN(c2nc(=O)n(-c3c(C4CCC4)cncc3S(C)(=O)=O)c3nc(-c4cc(F)ccc4Cl)c(F)cc23)[C@@H](C)C1. The normalized spacial score (nSPS) is 17.4. The van der Waals surface area contributed by atoms with Crippen LogP contribution in [-0.2, 0) is 14.6 Å². The summed E-state index contributed by atoms with van der Waals surface area (Å²) >= 11 is 6.35. The summed E-state index contributed by atoms with van der Waals surface area (Å²) in [6.07, 6.45) is 7.39. The summed E-state index contributed by atoms with van der Waals surface area (Å²) in [5.41, 5.74) is -0.723. The number of rotatable bonds is 6. The summed E-state index contributed by atoms with van der Waals surface area (Å²) < 4.78 is 57.6. The first-order valence-electron chi connectivity index (χ1n) is 14.3. The number of amides is 1. The van der Waals surface area contributed by atoms with Gasteiger partial charge in [-0.1, -0.05) is 24.6 Å². The highest BCUT2D eigenvalue weighted by Crippen LogP contribution is 2.42. The molecule has 3 aromatic heterocycles. The molecule has 2 aliphatic rings. The topological polar surface area (TPSA) is 118 Å². The van der Waals surface area contributed by atoms with Gasteiger partial charge in [0.15, 0.2) is 15.5 Å². The van der Waals surface area contributed by atoms with Crippen LogP contribution in [0.3, 0.4) is 0 Å². The highest BCUT2D eigenvalue weighted by molar-refractivity contribution is 7.90. The average molecular weight is 655 g/mol. The van der Waals surface area contributed by atoms with E-state index in [2.05, 4.69) is 21.5 Å². The van der Waals surface area contributed by atoms with Crippen LogP contribution in [0, 0.1) is 11.6 Å². The number of halogens is 3. The molecule has 4 aromatic rings. The summed E-state index contributed by atoms with van der Waals surface area (Å²) in [6.45, 7) is 6.24. The van der Waals surface area contributed by atoms with Gasteiger partial charge in [-0.15, -0.1) is 0 Å². The number of fused-ring (bicyclic) bond motifs is 1. The Labute approximate surface area is 262 Å². The highest BCUT2D eigenvalue weighted by Gasteiger charge is 2.33. The summed E-state index contributed by atoms with van der Waals surface area (Å²) in [6, 6.07) is 4.24. The van der Waals surface area contributed by atoms with Gasteiger partial charge >= 0.3 is 5.69 Å². The van der Waals surface area contributed by atoms with Crippen LogP contribution in [-0.4, -0.2) is 70.7 Å². The molecule has 2 fully saturated rings. The first-order valence-corrected chi connectivity index (χ1v) is 16.6. The second-order valence-corrected chi connectivity index (χ2v) is 13.8. The third-order valence-corrected chi connectivity index (χ3v) is 9.88. The van der Waals surface area contributed by atoms with Crippen molar-refractivity contribution in [2.24, 2.45) is 0 Å². The minimum Gasteiger partial charge on any atom is -0.350 e. The Kier molecular flexibility index (Phi) is 7.94. The van der Waals surface area contributed by atoms with Gasteiger partial charge < -0.3 is 9.80 Å². The first kappa shape index (κ1) is 30.8. The van der Waals surface area contributed by atoms with Crippen molar-refractivity contribution in [2.45, 2.75) is 43.0 Å². The lowest BCUT2D eigenvalue weighted by atomic mass is 9.80. The summed E-state index contributed by atoms with van der Waals surface area (Å²) in [5.74, 6) is -1.72. The van der Waals surface area contributed by atoms with Crippen LogP contribution in [0.25, 0.3) is 28.0 Å². The van der Waals surface area contributed by atoms with Gasteiger partial charge in [-0.05, 0) is 61.6 Å². The van der Waals surface area contributed by atoms with E-state index >= 15 is 4.39 Å². The molecule has 1 aromatic carbocycles. The standard InChI is InChI=1S/C31H29ClF2N6O4S/c1-4-26(41)38-10-11-39(17(2)16-38)29-21-13-24(34)27(20-12-19(33)8-9-23(20)32)36-30(21)40(31(42)37-29)28-22(18-6-5-7-18)14-35-15-25(28)45(3,43)44/h4,8-9,12-15,17-18H,1,5-7,10-11,16H2,2-3H3/t17-/m0/s1. The first-order chi connectivity index (χ1) is 21.4. The van der Waals surface area contributed by atoms with Crippen LogP contribution in [0.4, 0.5) is 14.6 Å². The number of hydrogen-bond donors (Lipinski definition) is 0. The Morgan fingerprint density at radius 3 is 2.53 bits per heavy atom. The van der Waals surface area contributed by atoms with Gasteiger partial charge in [-0.25, -0.2) is 31.5 Å². The number of carbonyl (C=O) groups is 1. The van der Waals surface area contributed by atoms with E-state index in [0.29, 0.717) is 18.7 Å². The Morgan fingerprint density at radius 1 is 1.13 bits per heavy atom. The molecular formula is C31H29ClF2N6O4S. The van der Waals surface area contributed by atoms with Crippen LogP contribution < -0.4 is 10.6 Å². The van der Waals surface area contributed by atoms with Crippen LogP contribution in [0.2, 0.25) is 5.02 Å². The third-order valence-electron chi connectivity index (χ3n) is 8.45. The molecule has 45 heavy (non-hydrogen) atoms. The van der Waals surface area contributed by atoms with Gasteiger partial charge in [0.05, 0.1) is 16.1 Å². The Hall–Kier alpha value is -4.23. The van der Waals surface area contributed by atoms with Crippen molar-refractivity contribution in [3.8, 4) is 16.9 Å². The molecule has 0 radical (unpaired) electrons. The zero-order valence-corrected chi connectivity index (χ0v) is 26.1. The minimum atomic E-state index is -3.92. The Morgan fingerprint density at radius 2 is 1.89 bits per heavy atom. The number of benzene rings is 1. The van der Waals surface area contributed by atoms with Gasteiger partial charge in [0.25, 0.3) is 0 Å². The second kappa shape index (κ2) is 11.6. The van der Waals surface area contributed by atoms with Gasteiger partial charge in [0, 0.05) is 49.9 Å². The van der Waals surface area contributed by atoms with Crippen molar-refractivity contribution in [1.29, 1.82) is 0 Å². The van der Waals surface area contributed by atoms with E-state index in [1.807, 2.05) is 6.92 Å². The van der Waals surface area contributed by atoms with Crippen molar-refractivity contribution < 1.29 is 22.0 Å². The molecule has 0 spiro atoms. The second-order valence-electron chi connectivity index (χ2n) is 11.4. The number of nitrogens with zero attached hydrogens (tertiary/aromatic N) is 6. The zero-order valence-electron chi connectivity index (χ0n) is 24.5. The summed E-state index contributed by atoms with van der Waals surface area (Å²) in [5, 5.41) is 0.146. The van der Waals surface area contributed by atoms with Crippen molar-refractivity contribution in [3.05, 3.63) is 82.0 Å². The number of anilines is 1. The van der Waals surface area contributed by atoms with Gasteiger partial charge in [-0.3, -0.25) is 9.78 Å². The number of hydrogen-bond acceptors (Lipinski definition) is 8. The maximum absolute atomic E-state index is 16.0. The van der Waals surface area contributed by atoms with Crippen LogP contribution in [0.15, 0.2) is 59.0 Å². The van der Waals surface area contributed by atoms with E-state index in [1.165, 1.54) is 24.5 Å². The molecule has 1 aliphatic heterocycles. The van der Waals surface area contributed by atoms with Crippen LogP contribution >= 0.6 is 11.6 Å². The molecule has 10 nitrogen and oxygen atoms in total. The number of aromatic nitrogens is 4. The lowest BCUT2D eigenvalue weighted by Gasteiger charge is -2.40. The fourth-order valence-electron chi connectivity index (χ4n) is 5.97. The van der Waals surface area contributed by atoms with Gasteiger partial charge in [0.1, 0.15) is 28.0 Å². The van der Waals surface area contributed by atoms with Gasteiger partial charge in [-0.2, -0.15) is 4.98 Å². The molecular weight excluding hydrogens is 626 g/mol. The number of carbonyl (C=O) groups excluding carboxylic acids is 1. The number of sulfone groups is 1. The Balaban J connectivity index is 1.68. The quantitative estimate of drug-likeness (QED) is 0.276. The predicted molar refractivity (Wildman–Crippen MR) is 167 cm³/mol. The Bertz CT molecular complexity index is 2050. The molecule has 14 heteroatoms. The molecule has 4 heterocycles. The van der Waals surface area contributed by atoms with Crippen molar-refractivity contribution in [3.63, 3.8) is 0 Å². The van der Waals surface area contributed by atoms with Crippen molar-refractivity contribution >= 4 is 44.2 Å². The average Bonchev–Trinajstić information content (AvgIpc) is 2.96. The van der Waals surface area contributed by atoms with Crippen molar-refractivity contribution in [1.82, 2.24) is 24.4 Å². The lowest BCUT2D eigenvalue weighted by molar-refractivity contribution is -0.126. The molecule has 1 saturated heterocycles.